The largest absolute Gasteiger partial charge is 0.313 e. The molecule has 0 bridgehead atoms. The van der Waals surface area contributed by atoms with Crippen molar-refractivity contribution in [2.45, 2.75) is 38.3 Å². The van der Waals surface area contributed by atoms with Crippen LogP contribution in [-0.4, -0.2) is 33.7 Å². The van der Waals surface area contributed by atoms with Gasteiger partial charge in [0.1, 0.15) is 0 Å². The Morgan fingerprint density at radius 1 is 1.42 bits per heavy atom. The molecule has 0 aromatic carbocycles. The van der Waals surface area contributed by atoms with Crippen LogP contribution in [0.5, 0.6) is 0 Å². The highest BCUT2D eigenvalue weighted by molar-refractivity contribution is 5.37. The Morgan fingerprint density at radius 2 is 2.37 bits per heavy atom. The third-order valence-electron chi connectivity index (χ3n) is 3.81. The SMILES string of the molecule is CC(NCC1CCCCN1)c1nnc2ccccn12. The zero-order chi connectivity index (χ0) is 13.1. The summed E-state index contributed by atoms with van der Waals surface area (Å²) >= 11 is 0. The van der Waals surface area contributed by atoms with Crippen molar-refractivity contribution in [3.8, 4) is 0 Å². The molecule has 3 heterocycles. The summed E-state index contributed by atoms with van der Waals surface area (Å²) in [6.07, 6.45) is 5.92. The number of fused-ring (bicyclic) bond motifs is 1. The van der Waals surface area contributed by atoms with Crippen molar-refractivity contribution >= 4 is 5.65 Å². The third-order valence-corrected chi connectivity index (χ3v) is 3.81. The molecule has 0 spiro atoms. The average molecular weight is 259 g/mol. The quantitative estimate of drug-likeness (QED) is 0.874. The smallest absolute Gasteiger partial charge is 0.160 e. The molecule has 0 amide bonds. The van der Waals surface area contributed by atoms with Gasteiger partial charge in [-0.25, -0.2) is 0 Å². The van der Waals surface area contributed by atoms with Crippen molar-refractivity contribution in [2.24, 2.45) is 0 Å². The third kappa shape index (κ3) is 2.77. The fourth-order valence-electron chi connectivity index (χ4n) is 2.66. The molecule has 2 aromatic rings. The van der Waals surface area contributed by atoms with Crippen LogP contribution in [0.3, 0.4) is 0 Å². The van der Waals surface area contributed by atoms with Crippen LogP contribution in [0, 0.1) is 0 Å². The number of hydrogen-bond donors (Lipinski definition) is 2. The molecule has 1 aliphatic heterocycles. The minimum Gasteiger partial charge on any atom is -0.313 e. The summed E-state index contributed by atoms with van der Waals surface area (Å²) in [6.45, 7) is 4.28. The minimum absolute atomic E-state index is 0.209. The predicted octanol–water partition coefficient (Wildman–Crippen LogP) is 1.52. The summed E-state index contributed by atoms with van der Waals surface area (Å²) in [7, 11) is 0. The molecule has 5 nitrogen and oxygen atoms in total. The lowest BCUT2D eigenvalue weighted by atomic mass is 10.0. The van der Waals surface area contributed by atoms with Crippen molar-refractivity contribution in [1.82, 2.24) is 25.2 Å². The molecule has 102 valence electrons. The highest BCUT2D eigenvalue weighted by atomic mass is 15.3. The van der Waals surface area contributed by atoms with Gasteiger partial charge in [-0.1, -0.05) is 12.5 Å². The molecule has 2 aromatic heterocycles. The van der Waals surface area contributed by atoms with E-state index in [2.05, 4.69) is 27.8 Å². The van der Waals surface area contributed by atoms with Crippen LogP contribution in [0.25, 0.3) is 5.65 Å². The first-order valence-electron chi connectivity index (χ1n) is 7.11. The van der Waals surface area contributed by atoms with Crippen LogP contribution in [-0.2, 0) is 0 Å². The maximum Gasteiger partial charge on any atom is 0.160 e. The van der Waals surface area contributed by atoms with Crippen LogP contribution in [0.1, 0.15) is 38.1 Å². The van der Waals surface area contributed by atoms with E-state index in [4.69, 9.17) is 0 Å². The Morgan fingerprint density at radius 3 is 3.21 bits per heavy atom. The molecule has 0 radical (unpaired) electrons. The fourth-order valence-corrected chi connectivity index (χ4v) is 2.66. The number of rotatable bonds is 4. The molecule has 19 heavy (non-hydrogen) atoms. The van der Waals surface area contributed by atoms with Gasteiger partial charge in [-0.05, 0) is 38.4 Å². The molecule has 2 atom stereocenters. The van der Waals surface area contributed by atoms with Crippen LogP contribution < -0.4 is 10.6 Å². The van der Waals surface area contributed by atoms with Gasteiger partial charge in [-0.15, -0.1) is 10.2 Å². The second-order valence-corrected chi connectivity index (χ2v) is 5.26. The fraction of sp³-hybridized carbons (Fsp3) is 0.571. The number of hydrogen-bond acceptors (Lipinski definition) is 4. The summed E-state index contributed by atoms with van der Waals surface area (Å²) < 4.78 is 2.05. The normalized spacial score (nSPS) is 21.6. The first kappa shape index (κ1) is 12.6. The van der Waals surface area contributed by atoms with Gasteiger partial charge in [0.05, 0.1) is 6.04 Å². The van der Waals surface area contributed by atoms with E-state index in [1.165, 1.54) is 19.3 Å². The lowest BCUT2D eigenvalue weighted by molar-refractivity contribution is 0.368. The van der Waals surface area contributed by atoms with E-state index in [1.54, 1.807) is 0 Å². The molecule has 3 rings (SSSR count). The molecule has 1 aliphatic rings. The molecular formula is C14H21N5. The number of nitrogens with one attached hydrogen (secondary N) is 2. The molecular weight excluding hydrogens is 238 g/mol. The summed E-state index contributed by atoms with van der Waals surface area (Å²) in [5, 5.41) is 15.6. The molecule has 1 saturated heterocycles. The van der Waals surface area contributed by atoms with Crippen LogP contribution in [0.4, 0.5) is 0 Å². The van der Waals surface area contributed by atoms with Crippen molar-refractivity contribution in [3.05, 3.63) is 30.2 Å². The Bertz CT molecular complexity index is 529. The van der Waals surface area contributed by atoms with Gasteiger partial charge in [0.25, 0.3) is 0 Å². The highest BCUT2D eigenvalue weighted by Gasteiger charge is 2.16. The van der Waals surface area contributed by atoms with Gasteiger partial charge in [0, 0.05) is 18.8 Å². The van der Waals surface area contributed by atoms with Crippen molar-refractivity contribution in [1.29, 1.82) is 0 Å². The Kier molecular flexibility index (Phi) is 3.75. The molecule has 2 N–H and O–H groups in total. The van der Waals surface area contributed by atoms with Crippen molar-refractivity contribution in [2.75, 3.05) is 13.1 Å². The van der Waals surface area contributed by atoms with Gasteiger partial charge in [-0.3, -0.25) is 4.40 Å². The Hall–Kier alpha value is -1.46. The minimum atomic E-state index is 0.209. The van der Waals surface area contributed by atoms with Gasteiger partial charge in [0.15, 0.2) is 11.5 Å². The number of nitrogens with zero attached hydrogens (tertiary/aromatic N) is 3. The van der Waals surface area contributed by atoms with E-state index < -0.39 is 0 Å². The summed E-state index contributed by atoms with van der Waals surface area (Å²) in [4.78, 5) is 0. The van der Waals surface area contributed by atoms with Crippen molar-refractivity contribution in [3.63, 3.8) is 0 Å². The number of pyridine rings is 1. The van der Waals surface area contributed by atoms with Crippen molar-refractivity contribution < 1.29 is 0 Å². The second-order valence-electron chi connectivity index (χ2n) is 5.26. The first-order valence-corrected chi connectivity index (χ1v) is 7.11. The Labute approximate surface area is 113 Å². The molecule has 2 unspecified atom stereocenters. The summed E-state index contributed by atoms with van der Waals surface area (Å²) in [5.41, 5.74) is 0.905. The van der Waals surface area contributed by atoms with Gasteiger partial charge < -0.3 is 10.6 Å². The first-order chi connectivity index (χ1) is 9.34. The molecule has 1 fully saturated rings. The van der Waals surface area contributed by atoms with E-state index in [-0.39, 0.29) is 6.04 Å². The number of piperidine rings is 1. The summed E-state index contributed by atoms with van der Waals surface area (Å²) in [6, 6.07) is 6.77. The maximum atomic E-state index is 4.29. The van der Waals surface area contributed by atoms with Gasteiger partial charge >= 0.3 is 0 Å². The zero-order valence-electron chi connectivity index (χ0n) is 11.3. The highest BCUT2D eigenvalue weighted by Crippen LogP contribution is 2.12. The lowest BCUT2D eigenvalue weighted by Crippen LogP contribution is -2.42. The number of aromatic nitrogens is 3. The predicted molar refractivity (Wildman–Crippen MR) is 75.0 cm³/mol. The van der Waals surface area contributed by atoms with E-state index in [0.29, 0.717) is 6.04 Å². The van der Waals surface area contributed by atoms with Crippen LogP contribution >= 0.6 is 0 Å². The van der Waals surface area contributed by atoms with Gasteiger partial charge in [-0.2, -0.15) is 0 Å². The standard InChI is InChI=1S/C14H21N5/c1-11(16-10-12-6-2-4-8-15-12)14-18-17-13-7-3-5-9-19(13)14/h3,5,7,9,11-12,15-16H,2,4,6,8,10H2,1H3. The maximum absolute atomic E-state index is 4.29. The van der Waals surface area contributed by atoms with E-state index in [1.807, 2.05) is 28.8 Å². The second kappa shape index (κ2) is 5.67. The van der Waals surface area contributed by atoms with Crippen LogP contribution in [0.2, 0.25) is 0 Å². The van der Waals surface area contributed by atoms with E-state index in [0.717, 1.165) is 24.6 Å². The van der Waals surface area contributed by atoms with E-state index in [9.17, 15) is 0 Å². The van der Waals surface area contributed by atoms with Crippen LogP contribution in [0.15, 0.2) is 24.4 Å². The monoisotopic (exact) mass is 259 g/mol. The lowest BCUT2D eigenvalue weighted by Gasteiger charge is -2.25. The van der Waals surface area contributed by atoms with Gasteiger partial charge in [0.2, 0.25) is 0 Å². The molecule has 0 saturated carbocycles. The average Bonchev–Trinajstić information content (AvgIpc) is 2.90. The van der Waals surface area contributed by atoms with E-state index >= 15 is 0 Å². The topological polar surface area (TPSA) is 54.2 Å². The summed E-state index contributed by atoms with van der Waals surface area (Å²) in [5.74, 6) is 0.978. The molecule has 5 heteroatoms. The zero-order valence-corrected chi connectivity index (χ0v) is 11.3. The molecule has 0 aliphatic carbocycles. The Balaban J connectivity index is 1.64.